The summed E-state index contributed by atoms with van der Waals surface area (Å²) in [6.45, 7) is 16.5. The molecule has 1 atom stereocenters. The number of imide groups is 1. The summed E-state index contributed by atoms with van der Waals surface area (Å²) in [5, 5.41) is -0.160. The van der Waals surface area contributed by atoms with Crippen LogP contribution in [0, 0.1) is 5.41 Å². The van der Waals surface area contributed by atoms with Crippen LogP contribution in [0.5, 0.6) is 0 Å². The summed E-state index contributed by atoms with van der Waals surface area (Å²) in [5.74, 6) is 0.947. The summed E-state index contributed by atoms with van der Waals surface area (Å²) >= 11 is 1.62. The Morgan fingerprint density at radius 3 is 2.10 bits per heavy atom. The summed E-state index contributed by atoms with van der Waals surface area (Å²) in [7, 11) is 0. The van der Waals surface area contributed by atoms with Crippen LogP contribution in [0.25, 0.3) is 0 Å². The molecule has 1 fully saturated rings. The predicted octanol–water partition coefficient (Wildman–Crippen LogP) is 4.50. The molecule has 124 valence electrons. The van der Waals surface area contributed by atoms with Crippen molar-refractivity contribution in [3.63, 3.8) is 0 Å². The highest BCUT2D eigenvalue weighted by Gasteiger charge is 2.46. The summed E-state index contributed by atoms with van der Waals surface area (Å²) < 4.78 is 0. The van der Waals surface area contributed by atoms with E-state index < -0.39 is 5.54 Å². The molecule has 1 heterocycles. The van der Waals surface area contributed by atoms with Crippen LogP contribution < -0.4 is 0 Å². The minimum Gasteiger partial charge on any atom is -0.276 e. The smallest absolute Gasteiger partial charge is 0.243 e. The maximum Gasteiger partial charge on any atom is 0.243 e. The van der Waals surface area contributed by atoms with Gasteiger partial charge in [-0.05, 0) is 37.9 Å². The fraction of sp³-hybridized carbons (Fsp3) is 0.882. The number of likely N-dealkylation sites (tertiary alicyclic amines) is 1. The number of nitrogens with zero attached hydrogens (tertiary/aromatic N) is 1. The highest BCUT2D eigenvalue weighted by atomic mass is 32.2. The number of carbonyl (C=O) groups excluding carboxylic acids is 2. The zero-order chi connectivity index (χ0) is 16.8. The first-order valence-electron chi connectivity index (χ1n) is 8.07. The van der Waals surface area contributed by atoms with Crippen LogP contribution in [0.1, 0.15) is 74.7 Å². The Hall–Kier alpha value is -0.510. The van der Waals surface area contributed by atoms with E-state index in [0.717, 1.165) is 18.6 Å². The van der Waals surface area contributed by atoms with E-state index in [2.05, 4.69) is 27.7 Å². The first kappa shape index (κ1) is 20.5. The lowest BCUT2D eigenvalue weighted by Gasteiger charge is -2.39. The second kappa shape index (κ2) is 8.21. The molecular formula is C17H33NO2S. The van der Waals surface area contributed by atoms with Crippen molar-refractivity contribution < 1.29 is 9.59 Å². The Morgan fingerprint density at radius 1 is 1.14 bits per heavy atom. The monoisotopic (exact) mass is 315 g/mol. The van der Waals surface area contributed by atoms with Crippen LogP contribution in [0.2, 0.25) is 0 Å². The van der Waals surface area contributed by atoms with E-state index in [1.54, 1.807) is 11.8 Å². The number of thioether (sulfide) groups is 1. The maximum absolute atomic E-state index is 12.4. The Labute approximate surface area is 135 Å². The van der Waals surface area contributed by atoms with Gasteiger partial charge in [-0.2, -0.15) is 0 Å². The minimum absolute atomic E-state index is 0.00662. The first-order valence-corrected chi connectivity index (χ1v) is 9.12. The second-order valence-corrected chi connectivity index (χ2v) is 8.49. The average Bonchev–Trinajstić information content (AvgIpc) is 2.61. The van der Waals surface area contributed by atoms with Crippen LogP contribution in [0.3, 0.4) is 0 Å². The third-order valence-electron chi connectivity index (χ3n) is 3.20. The lowest BCUT2D eigenvalue weighted by Crippen LogP contribution is -2.50. The van der Waals surface area contributed by atoms with Gasteiger partial charge in [0.15, 0.2) is 0 Å². The molecule has 0 aromatic rings. The molecule has 0 aromatic heterocycles. The molecule has 1 unspecified atom stereocenters. The Morgan fingerprint density at radius 2 is 1.67 bits per heavy atom. The molecule has 0 bridgehead atoms. The van der Waals surface area contributed by atoms with Crippen molar-refractivity contribution in [1.82, 2.24) is 4.90 Å². The van der Waals surface area contributed by atoms with Crippen molar-refractivity contribution in [1.29, 1.82) is 0 Å². The number of rotatable bonds is 5. The second-order valence-electron chi connectivity index (χ2n) is 7.18. The van der Waals surface area contributed by atoms with E-state index in [9.17, 15) is 9.59 Å². The van der Waals surface area contributed by atoms with Gasteiger partial charge < -0.3 is 0 Å². The van der Waals surface area contributed by atoms with Crippen LogP contribution in [0.4, 0.5) is 0 Å². The minimum atomic E-state index is -0.395. The van der Waals surface area contributed by atoms with Crippen LogP contribution >= 0.6 is 11.8 Å². The molecule has 0 aliphatic carbocycles. The predicted molar refractivity (Wildman–Crippen MR) is 92.5 cm³/mol. The average molecular weight is 316 g/mol. The summed E-state index contributed by atoms with van der Waals surface area (Å²) in [6.07, 6.45) is 2.23. The standard InChI is InChI=1S/C15H27NO2S.C2H6/c1-7-8-19-11-9-12(17)16(13(11)18)15(5,6)10-14(2,3)4;1-2/h11H,7-10H2,1-6H3;1-2H3. The molecular weight excluding hydrogens is 282 g/mol. The highest BCUT2D eigenvalue weighted by molar-refractivity contribution is 8.00. The SMILES string of the molecule is CC.CCCSC1CC(=O)N(C(C)(C)CC(C)(C)C)C1=O. The molecule has 4 heteroatoms. The topological polar surface area (TPSA) is 37.4 Å². The third-order valence-corrected chi connectivity index (χ3v) is 4.61. The van der Waals surface area contributed by atoms with Crippen LogP contribution in [0.15, 0.2) is 0 Å². The van der Waals surface area contributed by atoms with Gasteiger partial charge in [0, 0.05) is 12.0 Å². The molecule has 1 rings (SSSR count). The van der Waals surface area contributed by atoms with Gasteiger partial charge in [-0.1, -0.05) is 41.5 Å². The first-order chi connectivity index (χ1) is 9.58. The van der Waals surface area contributed by atoms with E-state index in [-0.39, 0.29) is 22.5 Å². The Bertz CT molecular complexity index is 358. The van der Waals surface area contributed by atoms with Gasteiger partial charge in [0.2, 0.25) is 11.8 Å². The van der Waals surface area contributed by atoms with Gasteiger partial charge in [0.25, 0.3) is 0 Å². The summed E-state index contributed by atoms with van der Waals surface area (Å²) in [6, 6.07) is 0. The van der Waals surface area contributed by atoms with Gasteiger partial charge in [0.05, 0.1) is 5.25 Å². The van der Waals surface area contributed by atoms with E-state index in [1.807, 2.05) is 27.7 Å². The largest absolute Gasteiger partial charge is 0.276 e. The van der Waals surface area contributed by atoms with E-state index >= 15 is 0 Å². The number of hydrogen-bond donors (Lipinski definition) is 0. The van der Waals surface area contributed by atoms with Crippen LogP contribution in [-0.4, -0.2) is 33.3 Å². The molecule has 21 heavy (non-hydrogen) atoms. The Kier molecular flexibility index (Phi) is 8.01. The van der Waals surface area contributed by atoms with Crippen LogP contribution in [-0.2, 0) is 9.59 Å². The zero-order valence-electron chi connectivity index (χ0n) is 15.1. The van der Waals surface area contributed by atoms with Gasteiger partial charge >= 0.3 is 0 Å². The number of carbonyl (C=O) groups is 2. The third kappa shape index (κ3) is 6.01. The van der Waals surface area contributed by atoms with Crippen molar-refractivity contribution >= 4 is 23.6 Å². The summed E-state index contributed by atoms with van der Waals surface area (Å²) in [5.41, 5.74) is -0.299. The fourth-order valence-electron chi connectivity index (χ4n) is 3.01. The van der Waals surface area contributed by atoms with Crippen molar-refractivity contribution in [3.8, 4) is 0 Å². The quantitative estimate of drug-likeness (QED) is 0.701. The fourth-order valence-corrected chi connectivity index (χ4v) is 4.04. The molecule has 1 aliphatic rings. The van der Waals surface area contributed by atoms with E-state index in [1.165, 1.54) is 4.90 Å². The molecule has 0 saturated carbocycles. The van der Waals surface area contributed by atoms with Gasteiger partial charge in [-0.3, -0.25) is 14.5 Å². The zero-order valence-corrected chi connectivity index (χ0v) is 15.9. The molecule has 1 aliphatic heterocycles. The van der Waals surface area contributed by atoms with Crippen molar-refractivity contribution in [2.24, 2.45) is 5.41 Å². The molecule has 0 spiro atoms. The molecule has 3 nitrogen and oxygen atoms in total. The van der Waals surface area contributed by atoms with E-state index in [0.29, 0.717) is 6.42 Å². The van der Waals surface area contributed by atoms with Crippen molar-refractivity contribution in [2.45, 2.75) is 85.4 Å². The van der Waals surface area contributed by atoms with E-state index in [4.69, 9.17) is 0 Å². The lowest BCUT2D eigenvalue weighted by atomic mass is 9.81. The Balaban J connectivity index is 0.00000191. The molecule has 2 amide bonds. The normalized spacial score (nSPS) is 19.6. The van der Waals surface area contributed by atoms with Gasteiger partial charge in [-0.15, -0.1) is 11.8 Å². The molecule has 0 N–H and O–H groups in total. The highest BCUT2D eigenvalue weighted by Crippen LogP contribution is 2.36. The lowest BCUT2D eigenvalue weighted by molar-refractivity contribution is -0.145. The number of amides is 2. The molecule has 0 aromatic carbocycles. The van der Waals surface area contributed by atoms with Crippen molar-refractivity contribution in [2.75, 3.05) is 5.75 Å². The van der Waals surface area contributed by atoms with Gasteiger partial charge in [-0.25, -0.2) is 0 Å². The van der Waals surface area contributed by atoms with Crippen molar-refractivity contribution in [3.05, 3.63) is 0 Å². The maximum atomic E-state index is 12.4. The molecule has 1 saturated heterocycles. The molecule has 0 radical (unpaired) electrons. The summed E-state index contributed by atoms with van der Waals surface area (Å²) in [4.78, 5) is 26.1. The number of hydrogen-bond acceptors (Lipinski definition) is 3. The van der Waals surface area contributed by atoms with Gasteiger partial charge in [0.1, 0.15) is 0 Å².